The van der Waals surface area contributed by atoms with Gasteiger partial charge in [-0.15, -0.1) is 0 Å². The van der Waals surface area contributed by atoms with Crippen molar-refractivity contribution >= 4 is 34.4 Å². The van der Waals surface area contributed by atoms with Crippen LogP contribution in [0.2, 0.25) is 0 Å². The third-order valence-electron chi connectivity index (χ3n) is 6.50. The Labute approximate surface area is 228 Å². The summed E-state index contributed by atoms with van der Waals surface area (Å²) in [7, 11) is 0. The molecule has 8 heteroatoms. The molecule has 1 aliphatic heterocycles. The van der Waals surface area contributed by atoms with Gasteiger partial charge in [-0.05, 0) is 85.6 Å². The van der Waals surface area contributed by atoms with E-state index in [4.69, 9.17) is 13.9 Å². The summed E-state index contributed by atoms with van der Waals surface area (Å²) in [5.74, 6) is -0.755. The van der Waals surface area contributed by atoms with Gasteiger partial charge in [-0.2, -0.15) is 0 Å². The lowest BCUT2D eigenvalue weighted by molar-refractivity contribution is 0.0734. The maximum Gasteiger partial charge on any atom is 0.343 e. The van der Waals surface area contributed by atoms with Crippen LogP contribution in [0.15, 0.2) is 100 Å². The Morgan fingerprint density at radius 3 is 2.05 bits per heavy atom. The molecule has 6 rings (SSSR count). The molecule has 0 aliphatic carbocycles. The molecule has 0 saturated heterocycles. The fraction of sp³-hybridized carbons (Fsp3) is 0.0625. The zero-order valence-corrected chi connectivity index (χ0v) is 21.5. The Bertz CT molecular complexity index is 1850. The molecule has 1 aliphatic rings. The van der Waals surface area contributed by atoms with Gasteiger partial charge in [0.2, 0.25) is 11.2 Å². The van der Waals surface area contributed by atoms with Crippen molar-refractivity contribution in [1.29, 1.82) is 0 Å². The highest BCUT2D eigenvalue weighted by Crippen LogP contribution is 2.29. The second-order valence-electron chi connectivity index (χ2n) is 9.44. The first-order chi connectivity index (χ1) is 19.3. The quantitative estimate of drug-likeness (QED) is 0.151. The first-order valence-electron chi connectivity index (χ1n) is 12.4. The average molecular weight is 532 g/mol. The minimum atomic E-state index is -0.662. The minimum Gasteiger partial charge on any atom is -0.460 e. The van der Waals surface area contributed by atoms with Gasteiger partial charge in [0.25, 0.3) is 11.8 Å². The molecule has 8 nitrogen and oxygen atoms in total. The molecule has 0 radical (unpaired) electrons. The van der Waals surface area contributed by atoms with Crippen LogP contribution in [0.4, 0.5) is 5.69 Å². The third-order valence-corrected chi connectivity index (χ3v) is 6.50. The first-order valence-corrected chi connectivity index (χ1v) is 12.4. The number of anilines is 1. The van der Waals surface area contributed by atoms with Gasteiger partial charge < -0.3 is 13.9 Å². The number of nitrogens with zero attached hydrogens (tertiary/aromatic N) is 1. The number of aryl methyl sites for hydroxylation is 2. The minimum absolute atomic E-state index is 0.0420. The summed E-state index contributed by atoms with van der Waals surface area (Å²) in [6.45, 7) is 3.88. The molecule has 0 fully saturated rings. The van der Waals surface area contributed by atoms with E-state index in [-0.39, 0.29) is 33.5 Å². The number of hydrogen-bond acceptors (Lipinski definition) is 7. The van der Waals surface area contributed by atoms with E-state index in [1.807, 2.05) is 32.0 Å². The highest BCUT2D eigenvalue weighted by atomic mass is 16.5. The molecular formula is C32H21NO7. The van der Waals surface area contributed by atoms with E-state index in [2.05, 4.69) is 0 Å². The topological polar surface area (TPSA) is 103 Å². The zero-order chi connectivity index (χ0) is 28.0. The standard InChI is InChI=1S/C32H21NO7/c1-18-13-19(2)15-23(14-18)39-28-17-38-27-16-22(11-12-26(27)29(28)34)40-32(37)20-7-9-21(10-8-20)33-30(35)24-5-3-4-6-25(24)31(33)36/h3-17H,1-2H3. The van der Waals surface area contributed by atoms with Gasteiger partial charge in [0.1, 0.15) is 23.3 Å². The number of ether oxygens (including phenoxy) is 2. The van der Waals surface area contributed by atoms with Crippen LogP contribution >= 0.6 is 0 Å². The van der Waals surface area contributed by atoms with Gasteiger partial charge in [0, 0.05) is 6.07 Å². The molecule has 0 bridgehead atoms. The Balaban J connectivity index is 1.19. The van der Waals surface area contributed by atoms with Gasteiger partial charge >= 0.3 is 5.97 Å². The Morgan fingerprint density at radius 1 is 0.750 bits per heavy atom. The predicted octanol–water partition coefficient (Wildman–Crippen LogP) is 6.22. The van der Waals surface area contributed by atoms with Crippen LogP contribution in [0, 0.1) is 13.8 Å². The van der Waals surface area contributed by atoms with E-state index in [1.54, 1.807) is 24.3 Å². The number of imide groups is 1. The summed E-state index contributed by atoms with van der Waals surface area (Å²) in [4.78, 5) is 52.3. The van der Waals surface area contributed by atoms with Crippen molar-refractivity contribution < 1.29 is 28.3 Å². The number of amides is 2. The molecule has 196 valence electrons. The van der Waals surface area contributed by atoms with Crippen LogP contribution in [-0.4, -0.2) is 17.8 Å². The number of hydrogen-bond donors (Lipinski definition) is 0. The number of carbonyl (C=O) groups is 3. The molecule has 0 spiro atoms. The van der Waals surface area contributed by atoms with Crippen LogP contribution in [0.25, 0.3) is 11.0 Å². The van der Waals surface area contributed by atoms with Crippen LogP contribution in [-0.2, 0) is 0 Å². The fourth-order valence-corrected chi connectivity index (χ4v) is 4.68. The van der Waals surface area contributed by atoms with Gasteiger partial charge in [-0.1, -0.05) is 18.2 Å². The number of rotatable bonds is 5. The predicted molar refractivity (Wildman–Crippen MR) is 147 cm³/mol. The Morgan fingerprint density at radius 2 is 1.40 bits per heavy atom. The lowest BCUT2D eigenvalue weighted by Crippen LogP contribution is -2.29. The molecular weight excluding hydrogens is 510 g/mol. The summed E-state index contributed by atoms with van der Waals surface area (Å²) in [6, 6.07) is 22.7. The summed E-state index contributed by atoms with van der Waals surface area (Å²) >= 11 is 0. The molecule has 2 amide bonds. The SMILES string of the molecule is Cc1cc(C)cc(Oc2coc3cc(OC(=O)c4ccc(N5C(=O)c6ccccc6C5=O)cc4)ccc3c2=O)c1. The number of esters is 1. The van der Waals surface area contributed by atoms with Crippen molar-refractivity contribution in [2.45, 2.75) is 13.8 Å². The van der Waals surface area contributed by atoms with E-state index < -0.39 is 17.8 Å². The molecule has 5 aromatic rings. The average Bonchev–Trinajstić information content (AvgIpc) is 3.19. The van der Waals surface area contributed by atoms with Gasteiger partial charge in [0.05, 0.1) is 27.8 Å². The first kappa shape index (κ1) is 24.8. The Kier molecular flexibility index (Phi) is 6.00. The van der Waals surface area contributed by atoms with Gasteiger partial charge in [-0.25, -0.2) is 9.69 Å². The monoisotopic (exact) mass is 531 g/mol. The van der Waals surface area contributed by atoms with E-state index in [0.717, 1.165) is 16.0 Å². The number of benzene rings is 4. The van der Waals surface area contributed by atoms with Crippen LogP contribution < -0.4 is 19.8 Å². The normalized spacial score (nSPS) is 12.5. The summed E-state index contributed by atoms with van der Waals surface area (Å²) in [5.41, 5.74) is 3.10. The molecule has 40 heavy (non-hydrogen) atoms. The van der Waals surface area contributed by atoms with Crippen molar-refractivity contribution in [2.24, 2.45) is 0 Å². The fourth-order valence-electron chi connectivity index (χ4n) is 4.68. The second-order valence-corrected chi connectivity index (χ2v) is 9.44. The van der Waals surface area contributed by atoms with Gasteiger partial charge in [0.15, 0.2) is 0 Å². The number of carbonyl (C=O) groups excluding carboxylic acids is 3. The van der Waals surface area contributed by atoms with Crippen LogP contribution in [0.1, 0.15) is 42.2 Å². The van der Waals surface area contributed by atoms with Crippen molar-refractivity contribution in [3.05, 3.63) is 129 Å². The second kappa shape index (κ2) is 9.67. The van der Waals surface area contributed by atoms with Crippen LogP contribution in [0.3, 0.4) is 0 Å². The van der Waals surface area contributed by atoms with Crippen molar-refractivity contribution in [1.82, 2.24) is 0 Å². The molecule has 0 saturated carbocycles. The molecule has 0 N–H and O–H groups in total. The molecule has 2 heterocycles. The van der Waals surface area contributed by atoms with E-state index >= 15 is 0 Å². The lowest BCUT2D eigenvalue weighted by atomic mass is 10.1. The van der Waals surface area contributed by atoms with E-state index in [9.17, 15) is 19.2 Å². The maximum atomic E-state index is 13.0. The Hall–Kier alpha value is -5.50. The summed E-state index contributed by atoms with van der Waals surface area (Å²) in [6.07, 6.45) is 1.23. The maximum absolute atomic E-state index is 13.0. The zero-order valence-electron chi connectivity index (χ0n) is 21.5. The van der Waals surface area contributed by atoms with Crippen LogP contribution in [0.5, 0.6) is 17.2 Å². The molecule has 0 atom stereocenters. The number of fused-ring (bicyclic) bond motifs is 2. The molecule has 4 aromatic carbocycles. The smallest absolute Gasteiger partial charge is 0.343 e. The highest BCUT2D eigenvalue weighted by molar-refractivity contribution is 6.34. The summed E-state index contributed by atoms with van der Waals surface area (Å²) < 4.78 is 16.9. The summed E-state index contributed by atoms with van der Waals surface area (Å²) in [5, 5.41) is 0.270. The van der Waals surface area contributed by atoms with Crippen molar-refractivity contribution in [3.8, 4) is 17.2 Å². The molecule has 1 aromatic heterocycles. The van der Waals surface area contributed by atoms with E-state index in [0.29, 0.717) is 22.6 Å². The lowest BCUT2D eigenvalue weighted by Gasteiger charge is -2.14. The largest absolute Gasteiger partial charge is 0.460 e. The van der Waals surface area contributed by atoms with Crippen molar-refractivity contribution in [3.63, 3.8) is 0 Å². The van der Waals surface area contributed by atoms with E-state index in [1.165, 1.54) is 48.7 Å². The van der Waals surface area contributed by atoms with Crippen molar-refractivity contribution in [2.75, 3.05) is 4.90 Å². The van der Waals surface area contributed by atoms with Gasteiger partial charge in [-0.3, -0.25) is 14.4 Å². The third kappa shape index (κ3) is 4.41. The molecule has 0 unspecified atom stereocenters. The highest BCUT2D eigenvalue weighted by Gasteiger charge is 2.36.